The van der Waals surface area contributed by atoms with Gasteiger partial charge >= 0.3 is 0 Å². The first-order valence-electron chi connectivity index (χ1n) is 7.15. The summed E-state index contributed by atoms with van der Waals surface area (Å²) in [5.74, 6) is 0.554. The number of likely N-dealkylation sites (tertiary alicyclic amines) is 1. The van der Waals surface area contributed by atoms with Gasteiger partial charge in [-0.05, 0) is 38.9 Å². The second-order valence-electron chi connectivity index (χ2n) is 5.89. The van der Waals surface area contributed by atoms with Gasteiger partial charge in [0.2, 0.25) is 5.91 Å². The van der Waals surface area contributed by atoms with E-state index in [9.17, 15) is 4.79 Å². The Morgan fingerprint density at radius 1 is 1.50 bits per heavy atom. The fourth-order valence-electron chi connectivity index (χ4n) is 2.70. The molecule has 1 saturated heterocycles. The predicted molar refractivity (Wildman–Crippen MR) is 78.0 cm³/mol. The number of aromatic nitrogens is 2. The number of carbonyl (C=O) groups excluding carboxylic acids is 1. The minimum Gasteiger partial charge on any atom is -0.344 e. The summed E-state index contributed by atoms with van der Waals surface area (Å²) in [6, 6.07) is -0.611. The van der Waals surface area contributed by atoms with Gasteiger partial charge < -0.3 is 15.5 Å². The van der Waals surface area contributed by atoms with E-state index in [1.165, 1.54) is 0 Å². The van der Waals surface area contributed by atoms with Crippen LogP contribution in [0, 0.1) is 5.92 Å². The van der Waals surface area contributed by atoms with Crippen LogP contribution in [0.1, 0.15) is 24.4 Å². The molecule has 20 heavy (non-hydrogen) atoms. The maximum Gasteiger partial charge on any atom is 0.243 e. The minimum atomic E-state index is -0.611. The van der Waals surface area contributed by atoms with E-state index < -0.39 is 6.04 Å². The summed E-state index contributed by atoms with van der Waals surface area (Å²) < 4.78 is 1.67. The molecular formula is C14H25N5O. The molecule has 1 amide bonds. The third-order valence-corrected chi connectivity index (χ3v) is 4.10. The Kier molecular flexibility index (Phi) is 4.77. The van der Waals surface area contributed by atoms with Gasteiger partial charge in [0.15, 0.2) is 0 Å². The maximum atomic E-state index is 12.3. The first-order valence-corrected chi connectivity index (χ1v) is 7.15. The van der Waals surface area contributed by atoms with Crippen LogP contribution < -0.4 is 5.73 Å². The molecule has 6 nitrogen and oxygen atoms in total. The Morgan fingerprint density at radius 3 is 2.70 bits per heavy atom. The summed E-state index contributed by atoms with van der Waals surface area (Å²) in [6.07, 6.45) is 5.75. The van der Waals surface area contributed by atoms with E-state index in [4.69, 9.17) is 5.73 Å². The van der Waals surface area contributed by atoms with Gasteiger partial charge in [-0.25, -0.2) is 0 Å². The van der Waals surface area contributed by atoms with Crippen molar-refractivity contribution in [3.63, 3.8) is 0 Å². The Bertz CT molecular complexity index is 450. The molecule has 1 aromatic rings. The Balaban J connectivity index is 1.88. The van der Waals surface area contributed by atoms with Crippen molar-refractivity contribution in [2.24, 2.45) is 18.7 Å². The molecule has 1 aliphatic rings. The summed E-state index contributed by atoms with van der Waals surface area (Å²) in [4.78, 5) is 16.4. The Hall–Kier alpha value is -1.40. The molecule has 1 fully saturated rings. The first-order chi connectivity index (χ1) is 9.47. The highest BCUT2D eigenvalue weighted by molar-refractivity contribution is 5.82. The van der Waals surface area contributed by atoms with Crippen LogP contribution in [0.25, 0.3) is 0 Å². The number of carbonyl (C=O) groups is 1. The SMILES string of the molecule is CN1CCC(CN(C)C(=O)C(N)c2cnn(C)c2)CC1. The van der Waals surface area contributed by atoms with Gasteiger partial charge in [-0.3, -0.25) is 9.48 Å². The number of nitrogens with two attached hydrogens (primary N) is 1. The minimum absolute atomic E-state index is 0.0306. The molecule has 0 spiro atoms. The number of likely N-dealkylation sites (N-methyl/N-ethyl adjacent to an activating group) is 1. The van der Waals surface area contributed by atoms with Crippen LogP contribution in [0.3, 0.4) is 0 Å². The number of hydrogen-bond acceptors (Lipinski definition) is 4. The highest BCUT2D eigenvalue weighted by Gasteiger charge is 2.24. The summed E-state index contributed by atoms with van der Waals surface area (Å²) in [5.41, 5.74) is 6.80. The number of piperidine rings is 1. The van der Waals surface area contributed by atoms with Crippen molar-refractivity contribution >= 4 is 5.91 Å². The van der Waals surface area contributed by atoms with E-state index in [1.807, 2.05) is 14.1 Å². The number of hydrogen-bond donors (Lipinski definition) is 1. The van der Waals surface area contributed by atoms with Crippen molar-refractivity contribution < 1.29 is 4.79 Å². The molecule has 112 valence electrons. The van der Waals surface area contributed by atoms with Crippen LogP contribution in [-0.4, -0.2) is 59.2 Å². The maximum absolute atomic E-state index is 12.3. The normalized spacial score (nSPS) is 19.0. The van der Waals surface area contributed by atoms with Crippen LogP contribution >= 0.6 is 0 Å². The topological polar surface area (TPSA) is 67.4 Å². The second kappa shape index (κ2) is 6.37. The largest absolute Gasteiger partial charge is 0.344 e. The average molecular weight is 279 g/mol. The van der Waals surface area contributed by atoms with E-state index in [0.717, 1.165) is 38.0 Å². The van der Waals surface area contributed by atoms with Gasteiger partial charge in [-0.15, -0.1) is 0 Å². The summed E-state index contributed by atoms with van der Waals surface area (Å²) in [6.45, 7) is 3.02. The Morgan fingerprint density at radius 2 is 2.15 bits per heavy atom. The van der Waals surface area contributed by atoms with E-state index in [1.54, 1.807) is 22.0 Å². The molecule has 1 aliphatic heterocycles. The lowest BCUT2D eigenvalue weighted by atomic mass is 9.96. The van der Waals surface area contributed by atoms with E-state index in [-0.39, 0.29) is 5.91 Å². The van der Waals surface area contributed by atoms with Gasteiger partial charge in [0, 0.05) is 32.4 Å². The summed E-state index contributed by atoms with van der Waals surface area (Å²) >= 11 is 0. The average Bonchev–Trinajstić information content (AvgIpc) is 2.86. The molecule has 1 aromatic heterocycles. The molecule has 1 unspecified atom stereocenters. The molecule has 2 N–H and O–H groups in total. The molecule has 2 rings (SSSR count). The zero-order chi connectivity index (χ0) is 14.7. The van der Waals surface area contributed by atoms with Crippen molar-refractivity contribution in [3.05, 3.63) is 18.0 Å². The van der Waals surface area contributed by atoms with Crippen molar-refractivity contribution in [2.45, 2.75) is 18.9 Å². The fourth-order valence-corrected chi connectivity index (χ4v) is 2.70. The van der Waals surface area contributed by atoms with Crippen LogP contribution in [0.4, 0.5) is 0 Å². The zero-order valence-corrected chi connectivity index (χ0v) is 12.6. The molecular weight excluding hydrogens is 254 g/mol. The Labute approximate surface area is 120 Å². The van der Waals surface area contributed by atoms with Crippen LogP contribution in [0.2, 0.25) is 0 Å². The van der Waals surface area contributed by atoms with Gasteiger partial charge in [0.05, 0.1) is 6.20 Å². The van der Waals surface area contributed by atoms with Gasteiger partial charge in [0.25, 0.3) is 0 Å². The van der Waals surface area contributed by atoms with Gasteiger partial charge in [-0.1, -0.05) is 0 Å². The number of nitrogens with zero attached hydrogens (tertiary/aromatic N) is 4. The van der Waals surface area contributed by atoms with Gasteiger partial charge in [-0.2, -0.15) is 5.10 Å². The lowest BCUT2D eigenvalue weighted by Gasteiger charge is -2.32. The van der Waals surface area contributed by atoms with E-state index in [0.29, 0.717) is 5.92 Å². The number of aryl methyl sites for hydroxylation is 1. The lowest BCUT2D eigenvalue weighted by Crippen LogP contribution is -2.41. The standard InChI is InChI=1S/C14H25N5O/c1-17-6-4-11(5-7-17)9-18(2)14(20)13(15)12-8-16-19(3)10-12/h8,10-11,13H,4-7,9,15H2,1-3H3. The monoisotopic (exact) mass is 279 g/mol. The summed E-state index contributed by atoms with van der Waals surface area (Å²) in [7, 11) is 5.81. The number of amides is 1. The quantitative estimate of drug-likeness (QED) is 0.856. The van der Waals surface area contributed by atoms with Crippen molar-refractivity contribution in [1.82, 2.24) is 19.6 Å². The van der Waals surface area contributed by atoms with Crippen molar-refractivity contribution in [2.75, 3.05) is 33.7 Å². The number of rotatable bonds is 4. The second-order valence-corrected chi connectivity index (χ2v) is 5.89. The first kappa shape index (κ1) is 15.0. The van der Waals surface area contributed by atoms with Crippen LogP contribution in [0.15, 0.2) is 12.4 Å². The zero-order valence-electron chi connectivity index (χ0n) is 12.6. The van der Waals surface area contributed by atoms with Crippen LogP contribution in [-0.2, 0) is 11.8 Å². The van der Waals surface area contributed by atoms with Gasteiger partial charge in [0.1, 0.15) is 6.04 Å². The molecule has 0 bridgehead atoms. The molecule has 1 atom stereocenters. The predicted octanol–water partition coefficient (Wildman–Crippen LogP) is 0.220. The smallest absolute Gasteiger partial charge is 0.243 e. The van der Waals surface area contributed by atoms with E-state index in [2.05, 4.69) is 17.0 Å². The van der Waals surface area contributed by atoms with Crippen LogP contribution in [0.5, 0.6) is 0 Å². The third kappa shape index (κ3) is 3.58. The summed E-state index contributed by atoms with van der Waals surface area (Å²) in [5, 5.41) is 4.06. The molecule has 0 radical (unpaired) electrons. The highest BCUT2D eigenvalue weighted by Crippen LogP contribution is 2.18. The highest BCUT2D eigenvalue weighted by atomic mass is 16.2. The fraction of sp³-hybridized carbons (Fsp3) is 0.714. The molecule has 0 saturated carbocycles. The van der Waals surface area contributed by atoms with Crippen molar-refractivity contribution in [1.29, 1.82) is 0 Å². The third-order valence-electron chi connectivity index (χ3n) is 4.10. The van der Waals surface area contributed by atoms with Crippen molar-refractivity contribution in [3.8, 4) is 0 Å². The molecule has 0 aromatic carbocycles. The molecule has 6 heteroatoms. The molecule has 0 aliphatic carbocycles. The lowest BCUT2D eigenvalue weighted by molar-refractivity contribution is -0.132. The van der Waals surface area contributed by atoms with E-state index >= 15 is 0 Å². The molecule has 2 heterocycles.